The second kappa shape index (κ2) is 5.30. The number of nitriles is 2. The first kappa shape index (κ1) is 12.2. The number of hydrogen-bond donors (Lipinski definition) is 1. The molecule has 0 aliphatic rings. The summed E-state index contributed by atoms with van der Waals surface area (Å²) in [7, 11) is 0. The van der Waals surface area contributed by atoms with Gasteiger partial charge >= 0.3 is 0 Å². The molecule has 0 amide bonds. The molecule has 1 aromatic carbocycles. The van der Waals surface area contributed by atoms with E-state index >= 15 is 0 Å². The van der Waals surface area contributed by atoms with Crippen molar-refractivity contribution >= 4 is 0 Å². The Morgan fingerprint density at radius 1 is 1.25 bits per heavy atom. The fraction of sp³-hybridized carbons (Fsp3) is 0.385. The molecule has 0 aliphatic carbocycles. The Labute approximate surface area is 95.6 Å². The van der Waals surface area contributed by atoms with Crippen molar-refractivity contribution in [2.24, 2.45) is 0 Å². The van der Waals surface area contributed by atoms with Gasteiger partial charge in [0, 0.05) is 6.42 Å². The van der Waals surface area contributed by atoms with Gasteiger partial charge in [0.25, 0.3) is 0 Å². The maximum absolute atomic E-state index is 10.2. The van der Waals surface area contributed by atoms with E-state index in [0.717, 1.165) is 5.56 Å². The number of nitrogens with zero attached hydrogens (tertiary/aromatic N) is 2. The Morgan fingerprint density at radius 2 is 1.88 bits per heavy atom. The summed E-state index contributed by atoms with van der Waals surface area (Å²) in [6.45, 7) is 1.73. The summed E-state index contributed by atoms with van der Waals surface area (Å²) in [4.78, 5) is 0. The number of rotatable bonds is 4. The lowest BCUT2D eigenvalue weighted by molar-refractivity contribution is 0.0460. The third kappa shape index (κ3) is 3.08. The summed E-state index contributed by atoms with van der Waals surface area (Å²) in [6.07, 6.45) is 1.67. The molecule has 3 nitrogen and oxygen atoms in total. The van der Waals surface area contributed by atoms with Gasteiger partial charge in [-0.15, -0.1) is 0 Å². The van der Waals surface area contributed by atoms with Crippen molar-refractivity contribution < 1.29 is 5.11 Å². The Bertz CT molecular complexity index is 421. The Kier molecular flexibility index (Phi) is 4.05. The Balaban J connectivity index is 2.74. The average Bonchev–Trinajstić information content (AvgIpc) is 2.29. The first-order chi connectivity index (χ1) is 7.60. The van der Waals surface area contributed by atoms with E-state index in [9.17, 15) is 5.11 Å². The van der Waals surface area contributed by atoms with Crippen LogP contribution in [0.5, 0.6) is 0 Å². The molecule has 1 N–H and O–H groups in total. The van der Waals surface area contributed by atoms with E-state index in [1.54, 1.807) is 31.2 Å². The van der Waals surface area contributed by atoms with Crippen LogP contribution in [0.1, 0.15) is 37.3 Å². The number of hydrogen-bond acceptors (Lipinski definition) is 3. The van der Waals surface area contributed by atoms with E-state index in [1.165, 1.54) is 0 Å². The number of aliphatic hydroxyl groups is 1. The standard InChI is InChI=1S/C13H14N2O/c1-13(16,8-2-3-9-14)12-6-4-11(10-15)5-7-12/h4-7,16H,2-3,8H2,1H3. The van der Waals surface area contributed by atoms with Gasteiger partial charge in [0.05, 0.1) is 23.3 Å². The van der Waals surface area contributed by atoms with Crippen LogP contribution < -0.4 is 0 Å². The van der Waals surface area contributed by atoms with Crippen LogP contribution in [-0.2, 0) is 5.60 Å². The highest BCUT2D eigenvalue weighted by molar-refractivity contribution is 5.33. The van der Waals surface area contributed by atoms with Gasteiger partial charge in [-0.05, 0) is 37.5 Å². The van der Waals surface area contributed by atoms with Crippen LogP contribution >= 0.6 is 0 Å². The topological polar surface area (TPSA) is 67.8 Å². The summed E-state index contributed by atoms with van der Waals surface area (Å²) in [5.41, 5.74) is 0.436. The van der Waals surface area contributed by atoms with Gasteiger partial charge in [-0.3, -0.25) is 0 Å². The third-order valence-electron chi connectivity index (χ3n) is 2.59. The van der Waals surface area contributed by atoms with Crippen molar-refractivity contribution in [3.63, 3.8) is 0 Å². The summed E-state index contributed by atoms with van der Waals surface area (Å²) in [5, 5.41) is 27.3. The predicted octanol–water partition coefficient (Wildman–Crippen LogP) is 2.46. The average molecular weight is 214 g/mol. The molecule has 1 rings (SSSR count). The van der Waals surface area contributed by atoms with Crippen molar-refractivity contribution in [3.05, 3.63) is 35.4 Å². The molecule has 0 heterocycles. The number of benzene rings is 1. The molecule has 0 spiro atoms. The van der Waals surface area contributed by atoms with Crippen LogP contribution in [0.4, 0.5) is 0 Å². The highest BCUT2D eigenvalue weighted by atomic mass is 16.3. The molecule has 82 valence electrons. The van der Waals surface area contributed by atoms with Crippen molar-refractivity contribution in [1.82, 2.24) is 0 Å². The van der Waals surface area contributed by atoms with E-state index in [1.807, 2.05) is 6.07 Å². The highest BCUT2D eigenvalue weighted by Gasteiger charge is 2.22. The van der Waals surface area contributed by atoms with Crippen LogP contribution in [0.2, 0.25) is 0 Å². The molecule has 1 aromatic rings. The lowest BCUT2D eigenvalue weighted by atomic mass is 9.90. The minimum absolute atomic E-state index is 0.451. The SMILES string of the molecule is CC(O)(CCCC#N)c1ccc(C#N)cc1. The van der Waals surface area contributed by atoms with Gasteiger partial charge in [-0.1, -0.05) is 12.1 Å². The molecule has 0 aromatic heterocycles. The molecular formula is C13H14N2O. The van der Waals surface area contributed by atoms with Crippen LogP contribution in [0.25, 0.3) is 0 Å². The molecule has 0 bridgehead atoms. The summed E-state index contributed by atoms with van der Waals surface area (Å²) in [5.74, 6) is 0. The maximum atomic E-state index is 10.2. The maximum Gasteiger partial charge on any atom is 0.0991 e. The Morgan fingerprint density at radius 3 is 2.38 bits per heavy atom. The molecular weight excluding hydrogens is 200 g/mol. The number of unbranched alkanes of at least 4 members (excludes halogenated alkanes) is 1. The van der Waals surface area contributed by atoms with Crippen molar-refractivity contribution in [2.75, 3.05) is 0 Å². The second-order valence-corrected chi connectivity index (χ2v) is 3.97. The normalized spacial score (nSPS) is 13.5. The third-order valence-corrected chi connectivity index (χ3v) is 2.59. The monoisotopic (exact) mass is 214 g/mol. The first-order valence-corrected chi connectivity index (χ1v) is 5.20. The van der Waals surface area contributed by atoms with Crippen LogP contribution in [0.3, 0.4) is 0 Å². The van der Waals surface area contributed by atoms with Crippen molar-refractivity contribution in [2.45, 2.75) is 31.8 Å². The van der Waals surface area contributed by atoms with Crippen molar-refractivity contribution in [3.8, 4) is 12.1 Å². The van der Waals surface area contributed by atoms with E-state index in [-0.39, 0.29) is 0 Å². The fourth-order valence-corrected chi connectivity index (χ4v) is 1.56. The quantitative estimate of drug-likeness (QED) is 0.783. The van der Waals surface area contributed by atoms with Crippen molar-refractivity contribution in [1.29, 1.82) is 10.5 Å². The van der Waals surface area contributed by atoms with Gasteiger partial charge in [-0.2, -0.15) is 10.5 Å². The van der Waals surface area contributed by atoms with Gasteiger partial charge < -0.3 is 5.11 Å². The molecule has 0 fully saturated rings. The van der Waals surface area contributed by atoms with Crippen LogP contribution in [0, 0.1) is 22.7 Å². The van der Waals surface area contributed by atoms with Crippen LogP contribution in [-0.4, -0.2) is 5.11 Å². The molecule has 1 unspecified atom stereocenters. The first-order valence-electron chi connectivity index (χ1n) is 5.20. The van der Waals surface area contributed by atoms with Gasteiger partial charge in [0.2, 0.25) is 0 Å². The van der Waals surface area contributed by atoms with E-state index in [2.05, 4.69) is 6.07 Å². The van der Waals surface area contributed by atoms with Gasteiger partial charge in [0.15, 0.2) is 0 Å². The minimum Gasteiger partial charge on any atom is -0.385 e. The molecule has 0 saturated heterocycles. The van der Waals surface area contributed by atoms with Crippen LogP contribution in [0.15, 0.2) is 24.3 Å². The molecule has 1 atom stereocenters. The zero-order valence-electron chi connectivity index (χ0n) is 9.27. The highest BCUT2D eigenvalue weighted by Crippen LogP contribution is 2.26. The fourth-order valence-electron chi connectivity index (χ4n) is 1.56. The molecule has 0 radical (unpaired) electrons. The summed E-state index contributed by atoms with van der Waals surface area (Å²) >= 11 is 0. The van der Waals surface area contributed by atoms with E-state index in [0.29, 0.717) is 24.8 Å². The smallest absolute Gasteiger partial charge is 0.0991 e. The predicted molar refractivity (Wildman–Crippen MR) is 60.2 cm³/mol. The van der Waals surface area contributed by atoms with Gasteiger partial charge in [-0.25, -0.2) is 0 Å². The lowest BCUT2D eigenvalue weighted by Crippen LogP contribution is -2.20. The molecule has 3 heteroatoms. The minimum atomic E-state index is -0.926. The molecule has 0 aliphatic heterocycles. The zero-order valence-corrected chi connectivity index (χ0v) is 9.27. The zero-order chi connectivity index (χ0) is 12.0. The van der Waals surface area contributed by atoms with E-state index in [4.69, 9.17) is 10.5 Å². The molecule has 16 heavy (non-hydrogen) atoms. The Hall–Kier alpha value is -1.84. The lowest BCUT2D eigenvalue weighted by Gasteiger charge is -2.23. The second-order valence-electron chi connectivity index (χ2n) is 3.97. The van der Waals surface area contributed by atoms with E-state index < -0.39 is 5.60 Å². The summed E-state index contributed by atoms with van der Waals surface area (Å²) < 4.78 is 0. The van der Waals surface area contributed by atoms with Gasteiger partial charge in [0.1, 0.15) is 0 Å². The summed E-state index contributed by atoms with van der Waals surface area (Å²) in [6, 6.07) is 11.0. The largest absolute Gasteiger partial charge is 0.385 e. The molecule has 0 saturated carbocycles.